The van der Waals surface area contributed by atoms with Crippen molar-refractivity contribution in [3.63, 3.8) is 0 Å². The van der Waals surface area contributed by atoms with Crippen LogP contribution in [-0.4, -0.2) is 42.9 Å². The average molecular weight is 289 g/mol. The van der Waals surface area contributed by atoms with Crippen molar-refractivity contribution in [1.82, 2.24) is 4.98 Å². The normalized spacial score (nSPS) is 21.8. The number of carboxylic acid groups (broad SMARTS) is 1. The molecule has 1 N–H and O–H groups in total. The van der Waals surface area contributed by atoms with Crippen LogP contribution < -0.4 is 4.90 Å². The molecule has 6 heteroatoms. The number of nitriles is 1. The van der Waals surface area contributed by atoms with E-state index >= 15 is 0 Å². The molecule has 2 rings (SSSR count). The Kier molecular flexibility index (Phi) is 4.76. The van der Waals surface area contributed by atoms with Crippen LogP contribution in [0.5, 0.6) is 0 Å². The SMILES string of the molecule is COCC[C@@]1(C(=O)O)CCCN(c2ccc(C#N)cn2)C1. The van der Waals surface area contributed by atoms with E-state index in [1.165, 1.54) is 6.20 Å². The molecule has 1 saturated heterocycles. The summed E-state index contributed by atoms with van der Waals surface area (Å²) in [7, 11) is 1.58. The molecule has 0 amide bonds. The number of nitrogens with zero attached hydrogens (tertiary/aromatic N) is 3. The van der Waals surface area contributed by atoms with Crippen molar-refractivity contribution in [1.29, 1.82) is 5.26 Å². The first-order valence-corrected chi connectivity index (χ1v) is 6.95. The Morgan fingerprint density at radius 2 is 2.43 bits per heavy atom. The molecular formula is C15H19N3O3. The van der Waals surface area contributed by atoms with Gasteiger partial charge in [0.2, 0.25) is 0 Å². The molecule has 0 radical (unpaired) electrons. The zero-order chi connectivity index (χ0) is 15.3. The number of carbonyl (C=O) groups is 1. The number of pyridine rings is 1. The van der Waals surface area contributed by atoms with Crippen LogP contribution in [0.2, 0.25) is 0 Å². The van der Waals surface area contributed by atoms with Crippen LogP contribution in [0.25, 0.3) is 0 Å². The number of carboxylic acids is 1. The molecule has 1 fully saturated rings. The topological polar surface area (TPSA) is 86.5 Å². The summed E-state index contributed by atoms with van der Waals surface area (Å²) in [4.78, 5) is 18.0. The molecule has 1 aromatic heterocycles. The predicted molar refractivity (Wildman–Crippen MR) is 77.0 cm³/mol. The van der Waals surface area contributed by atoms with Crippen LogP contribution in [0.3, 0.4) is 0 Å². The van der Waals surface area contributed by atoms with E-state index in [2.05, 4.69) is 4.98 Å². The fourth-order valence-corrected chi connectivity index (χ4v) is 2.75. The van der Waals surface area contributed by atoms with Gasteiger partial charge < -0.3 is 14.7 Å². The number of rotatable bonds is 5. The summed E-state index contributed by atoms with van der Waals surface area (Å²) in [5, 5.41) is 18.4. The van der Waals surface area contributed by atoms with Crippen molar-refractivity contribution in [3.8, 4) is 6.07 Å². The Morgan fingerprint density at radius 1 is 1.62 bits per heavy atom. The van der Waals surface area contributed by atoms with Crippen LogP contribution >= 0.6 is 0 Å². The van der Waals surface area contributed by atoms with E-state index in [4.69, 9.17) is 10.00 Å². The number of methoxy groups -OCH3 is 1. The quantitative estimate of drug-likeness (QED) is 0.887. The lowest BCUT2D eigenvalue weighted by atomic mass is 9.77. The molecule has 0 bridgehead atoms. The van der Waals surface area contributed by atoms with Gasteiger partial charge in [0.1, 0.15) is 11.9 Å². The first kappa shape index (κ1) is 15.3. The third-order valence-corrected chi connectivity index (χ3v) is 4.02. The summed E-state index contributed by atoms with van der Waals surface area (Å²) in [5.41, 5.74) is -0.288. The number of hydrogen-bond acceptors (Lipinski definition) is 5. The Labute approximate surface area is 124 Å². The molecule has 2 heterocycles. The van der Waals surface area contributed by atoms with Crippen molar-refractivity contribution in [2.75, 3.05) is 31.7 Å². The molecule has 1 aliphatic rings. The highest BCUT2D eigenvalue weighted by Gasteiger charge is 2.42. The predicted octanol–water partition coefficient (Wildman–Crippen LogP) is 1.66. The molecule has 1 aliphatic heterocycles. The second-order valence-electron chi connectivity index (χ2n) is 5.37. The van der Waals surface area contributed by atoms with E-state index in [1.54, 1.807) is 19.2 Å². The first-order chi connectivity index (χ1) is 10.1. The van der Waals surface area contributed by atoms with Gasteiger partial charge in [0.15, 0.2) is 0 Å². The first-order valence-electron chi connectivity index (χ1n) is 6.95. The van der Waals surface area contributed by atoms with Crippen molar-refractivity contribution in [2.24, 2.45) is 5.41 Å². The second kappa shape index (κ2) is 6.55. The molecule has 1 atom stereocenters. The van der Waals surface area contributed by atoms with Gasteiger partial charge in [0, 0.05) is 33.0 Å². The fourth-order valence-electron chi connectivity index (χ4n) is 2.75. The number of aromatic nitrogens is 1. The molecule has 0 aliphatic carbocycles. The van der Waals surface area contributed by atoms with E-state index in [9.17, 15) is 9.90 Å². The summed E-state index contributed by atoms with van der Waals surface area (Å²) in [6, 6.07) is 5.50. The van der Waals surface area contributed by atoms with Gasteiger partial charge in [0.05, 0.1) is 11.0 Å². The zero-order valence-electron chi connectivity index (χ0n) is 12.1. The number of hydrogen-bond donors (Lipinski definition) is 1. The van der Waals surface area contributed by atoms with E-state index < -0.39 is 11.4 Å². The van der Waals surface area contributed by atoms with E-state index in [-0.39, 0.29) is 0 Å². The highest BCUT2D eigenvalue weighted by atomic mass is 16.5. The van der Waals surface area contributed by atoms with Crippen LogP contribution in [0.15, 0.2) is 18.3 Å². The number of aliphatic carboxylic acids is 1. The van der Waals surface area contributed by atoms with Crippen LogP contribution in [0.1, 0.15) is 24.8 Å². The lowest BCUT2D eigenvalue weighted by Gasteiger charge is -2.40. The minimum Gasteiger partial charge on any atom is -0.481 e. The summed E-state index contributed by atoms with van der Waals surface area (Å²) in [6.45, 7) is 1.63. The molecule has 0 aromatic carbocycles. The number of anilines is 1. The fraction of sp³-hybridized carbons (Fsp3) is 0.533. The van der Waals surface area contributed by atoms with Gasteiger partial charge in [-0.15, -0.1) is 0 Å². The molecular weight excluding hydrogens is 270 g/mol. The molecule has 112 valence electrons. The Morgan fingerprint density at radius 3 is 3.00 bits per heavy atom. The molecule has 0 unspecified atom stereocenters. The van der Waals surface area contributed by atoms with Crippen molar-refractivity contribution in [2.45, 2.75) is 19.3 Å². The highest BCUT2D eigenvalue weighted by molar-refractivity contribution is 5.76. The standard InChI is InChI=1S/C15H19N3O3/c1-21-8-6-15(14(19)20)5-2-7-18(11-15)13-4-3-12(9-16)10-17-13/h3-4,10H,2,5-8,11H2,1H3,(H,19,20)/t15-/m0/s1. The third kappa shape index (κ3) is 3.31. The van der Waals surface area contributed by atoms with Crippen molar-refractivity contribution >= 4 is 11.8 Å². The Bertz CT molecular complexity index is 538. The monoisotopic (exact) mass is 289 g/mol. The molecule has 1 aromatic rings. The van der Waals surface area contributed by atoms with E-state index in [0.717, 1.165) is 18.8 Å². The summed E-state index contributed by atoms with van der Waals surface area (Å²) < 4.78 is 5.06. The highest BCUT2D eigenvalue weighted by Crippen LogP contribution is 2.35. The van der Waals surface area contributed by atoms with Gasteiger partial charge in [-0.05, 0) is 31.4 Å². The smallest absolute Gasteiger partial charge is 0.311 e. The molecule has 0 saturated carbocycles. The molecule has 21 heavy (non-hydrogen) atoms. The molecule has 6 nitrogen and oxygen atoms in total. The number of piperidine rings is 1. The van der Waals surface area contributed by atoms with E-state index in [0.29, 0.717) is 31.6 Å². The van der Waals surface area contributed by atoms with Crippen LogP contribution in [0, 0.1) is 16.7 Å². The van der Waals surface area contributed by atoms with Gasteiger partial charge >= 0.3 is 5.97 Å². The lowest BCUT2D eigenvalue weighted by Crippen LogP contribution is -2.48. The van der Waals surface area contributed by atoms with Gasteiger partial charge in [-0.2, -0.15) is 5.26 Å². The summed E-state index contributed by atoms with van der Waals surface area (Å²) in [6.07, 6.45) is 3.46. The van der Waals surface area contributed by atoms with Crippen LogP contribution in [-0.2, 0) is 9.53 Å². The van der Waals surface area contributed by atoms with Gasteiger partial charge in [-0.3, -0.25) is 4.79 Å². The Balaban J connectivity index is 2.17. The zero-order valence-corrected chi connectivity index (χ0v) is 12.1. The van der Waals surface area contributed by atoms with Gasteiger partial charge in [0.25, 0.3) is 0 Å². The maximum Gasteiger partial charge on any atom is 0.311 e. The number of ether oxygens (including phenoxy) is 1. The van der Waals surface area contributed by atoms with Gasteiger partial charge in [-0.1, -0.05) is 0 Å². The van der Waals surface area contributed by atoms with Crippen LogP contribution in [0.4, 0.5) is 5.82 Å². The third-order valence-electron chi connectivity index (χ3n) is 4.02. The maximum atomic E-state index is 11.7. The van der Waals surface area contributed by atoms with Crippen molar-refractivity contribution in [3.05, 3.63) is 23.9 Å². The molecule has 0 spiro atoms. The lowest BCUT2D eigenvalue weighted by molar-refractivity contribution is -0.150. The van der Waals surface area contributed by atoms with Gasteiger partial charge in [-0.25, -0.2) is 4.98 Å². The average Bonchev–Trinajstić information content (AvgIpc) is 2.53. The summed E-state index contributed by atoms with van der Waals surface area (Å²) >= 11 is 0. The largest absolute Gasteiger partial charge is 0.481 e. The minimum atomic E-state index is -0.788. The Hall–Kier alpha value is -2.13. The second-order valence-corrected chi connectivity index (χ2v) is 5.37. The summed E-state index contributed by atoms with van der Waals surface area (Å²) in [5.74, 6) is -0.0605. The van der Waals surface area contributed by atoms with Crippen molar-refractivity contribution < 1.29 is 14.6 Å². The maximum absolute atomic E-state index is 11.7. The minimum absolute atomic E-state index is 0.421. The van der Waals surface area contributed by atoms with E-state index in [1.807, 2.05) is 11.0 Å².